The van der Waals surface area contributed by atoms with E-state index in [-0.39, 0.29) is 72.2 Å². The average Bonchev–Trinajstić information content (AvgIpc) is 3.19. The smallest absolute Gasteiger partial charge is 0.338 e. The second-order valence-electron chi connectivity index (χ2n) is 16.4. The molecule has 4 rings (SSSR count). The van der Waals surface area contributed by atoms with Crippen LogP contribution < -0.4 is 11.1 Å². The molecule has 56 heavy (non-hydrogen) atoms. The van der Waals surface area contributed by atoms with E-state index in [9.17, 15) is 4.79 Å². The summed E-state index contributed by atoms with van der Waals surface area (Å²) in [5.41, 5.74) is 5.41. The molecular weight excluding hydrogens is 741 g/mol. The van der Waals surface area contributed by atoms with E-state index >= 15 is 0 Å². The normalized spacial score (nSPS) is 32.2. The first-order valence-corrected chi connectivity index (χ1v) is 24.2. The zero-order valence-electron chi connectivity index (χ0n) is 36.0. The molecule has 2 radical (unpaired) electrons. The Labute approximate surface area is 345 Å². The van der Waals surface area contributed by atoms with E-state index in [4.69, 9.17) is 42.0 Å². The lowest BCUT2D eigenvalue weighted by Gasteiger charge is -2.57. The third kappa shape index (κ3) is 11.0. The van der Waals surface area contributed by atoms with Crippen molar-refractivity contribution < 1.29 is 33.2 Å². The topological polar surface area (TPSA) is 110 Å². The molecule has 0 bridgehead atoms. The molecule has 0 aliphatic carbocycles. The summed E-state index contributed by atoms with van der Waals surface area (Å²) in [4.78, 5) is 13.6. The van der Waals surface area contributed by atoms with Crippen molar-refractivity contribution in [3.63, 3.8) is 0 Å². The van der Waals surface area contributed by atoms with Crippen LogP contribution in [-0.4, -0.2) is 112 Å². The van der Waals surface area contributed by atoms with E-state index in [0.717, 1.165) is 59.9 Å². The Hall–Kier alpha value is -0.665. The molecule has 3 aliphatic heterocycles. The second kappa shape index (κ2) is 23.4. The molecule has 3 aliphatic rings. The SMILES string of the molecule is [B]CCOC1C(CC)C(COC(CC)(CC)C2OC(CC)C(OC(=O)c3ccccc3)C(CC)C2C2CPC2)OC(C(CC)(CC)OCCCN)C1NC(C)P. The highest BCUT2D eigenvalue weighted by atomic mass is 31.1. The third-order valence-electron chi connectivity index (χ3n) is 13.4. The van der Waals surface area contributed by atoms with Gasteiger partial charge in [-0.25, -0.2) is 4.79 Å². The number of benzene rings is 1. The van der Waals surface area contributed by atoms with Gasteiger partial charge in [-0.1, -0.05) is 73.0 Å². The molecule has 0 saturated carbocycles. The minimum atomic E-state index is -0.558. The molecule has 3 heterocycles. The molecule has 3 saturated heterocycles. The van der Waals surface area contributed by atoms with E-state index in [1.807, 2.05) is 30.3 Å². The first-order valence-electron chi connectivity index (χ1n) is 22.2. The largest absolute Gasteiger partial charge is 0.456 e. The highest BCUT2D eigenvalue weighted by molar-refractivity contribution is 7.39. The lowest BCUT2D eigenvalue weighted by Crippen LogP contribution is -2.69. The molecule has 12 heteroatoms. The lowest BCUT2D eigenvalue weighted by atomic mass is 9.66. The van der Waals surface area contributed by atoms with Gasteiger partial charge in [-0.15, -0.1) is 17.8 Å². The Balaban J connectivity index is 1.71. The fourth-order valence-electron chi connectivity index (χ4n) is 10.0. The van der Waals surface area contributed by atoms with Gasteiger partial charge in [0.1, 0.15) is 12.2 Å². The first-order chi connectivity index (χ1) is 27.1. The van der Waals surface area contributed by atoms with Crippen molar-refractivity contribution in [2.45, 2.75) is 173 Å². The van der Waals surface area contributed by atoms with Crippen LogP contribution in [0.1, 0.15) is 117 Å². The first kappa shape index (κ1) is 48.0. The maximum Gasteiger partial charge on any atom is 0.338 e. The zero-order valence-corrected chi connectivity index (χ0v) is 38.2. The van der Waals surface area contributed by atoms with Crippen LogP contribution in [0.3, 0.4) is 0 Å². The lowest BCUT2D eigenvalue weighted by molar-refractivity contribution is -0.280. The van der Waals surface area contributed by atoms with Gasteiger partial charge in [-0.05, 0) is 101 Å². The van der Waals surface area contributed by atoms with Crippen molar-refractivity contribution in [2.24, 2.45) is 29.4 Å². The minimum Gasteiger partial charge on any atom is -0.456 e. The van der Waals surface area contributed by atoms with Crippen molar-refractivity contribution in [2.75, 3.05) is 38.7 Å². The highest BCUT2D eigenvalue weighted by Crippen LogP contribution is 2.52. The van der Waals surface area contributed by atoms with E-state index in [1.165, 1.54) is 12.3 Å². The Kier molecular flexibility index (Phi) is 20.0. The number of nitrogens with one attached hydrogen (secondary N) is 1. The van der Waals surface area contributed by atoms with Gasteiger partial charge < -0.3 is 39.5 Å². The number of nitrogens with two attached hydrogens (primary N) is 1. The summed E-state index contributed by atoms with van der Waals surface area (Å²) >= 11 is 0. The number of ether oxygens (including phenoxy) is 6. The van der Waals surface area contributed by atoms with Gasteiger partial charge in [-0.3, -0.25) is 0 Å². The van der Waals surface area contributed by atoms with E-state index in [2.05, 4.69) is 69.9 Å². The molecule has 9 nitrogen and oxygen atoms in total. The standard InChI is InChI=1S/C44H77BN2O7P2/c1-9-32-35(53-41(44(14-6,15-7)50-24-19-23-46)37(47-29(8)55)39(32)49-25-22-45)26-51-43(12-4,13-5)40-36(31-27-56-28-31)33(10-2)38(34(11-3)52-40)54-42(48)30-20-17-16-18-21-30/h16-18,20-21,29,31-41,47,56H,9-15,19,22-28,46,55H2,1-8H3. The summed E-state index contributed by atoms with van der Waals surface area (Å²) in [7, 11) is 9.94. The van der Waals surface area contributed by atoms with Gasteiger partial charge >= 0.3 is 5.97 Å². The predicted octanol–water partition coefficient (Wildman–Crippen LogP) is 7.78. The van der Waals surface area contributed by atoms with Crippen LogP contribution >= 0.6 is 17.8 Å². The number of esters is 1. The van der Waals surface area contributed by atoms with Gasteiger partial charge in [0.05, 0.1) is 61.7 Å². The van der Waals surface area contributed by atoms with Crippen LogP contribution in [0.25, 0.3) is 0 Å². The van der Waals surface area contributed by atoms with Crippen LogP contribution in [-0.2, 0) is 28.4 Å². The maximum atomic E-state index is 13.6. The quantitative estimate of drug-likeness (QED) is 0.0468. The van der Waals surface area contributed by atoms with Gasteiger partial charge in [0.2, 0.25) is 0 Å². The summed E-state index contributed by atoms with van der Waals surface area (Å²) in [6.45, 7) is 19.7. The highest BCUT2D eigenvalue weighted by Gasteiger charge is 2.58. The Morgan fingerprint density at radius 2 is 1.52 bits per heavy atom. The number of hydrogen-bond donors (Lipinski definition) is 2. The molecular formula is C44H77BN2O7P2. The van der Waals surface area contributed by atoms with Crippen LogP contribution in [0.5, 0.6) is 0 Å². The molecule has 1 aromatic rings. The fourth-order valence-corrected chi connectivity index (χ4v) is 11.4. The maximum absolute atomic E-state index is 13.6. The minimum absolute atomic E-state index is 0.0605. The number of hydrogen-bond acceptors (Lipinski definition) is 9. The predicted molar refractivity (Wildman–Crippen MR) is 234 cm³/mol. The molecule has 3 N–H and O–H groups in total. The van der Waals surface area contributed by atoms with Gasteiger partial charge in [0.25, 0.3) is 0 Å². The zero-order chi connectivity index (χ0) is 40.9. The molecule has 12 unspecified atom stereocenters. The number of carbonyl (C=O) groups is 1. The van der Waals surface area contributed by atoms with Crippen molar-refractivity contribution in [1.29, 1.82) is 0 Å². The van der Waals surface area contributed by atoms with Crippen molar-refractivity contribution in [3.05, 3.63) is 35.9 Å². The molecule has 12 atom stereocenters. The molecule has 0 spiro atoms. The Bertz CT molecular complexity index is 1270. The summed E-state index contributed by atoms with van der Waals surface area (Å²) in [5, 5.41) is 3.84. The van der Waals surface area contributed by atoms with Crippen molar-refractivity contribution >= 4 is 31.6 Å². The second-order valence-corrected chi connectivity index (χ2v) is 18.7. The molecule has 0 amide bonds. The van der Waals surface area contributed by atoms with E-state index < -0.39 is 11.2 Å². The monoisotopic (exact) mass is 819 g/mol. The van der Waals surface area contributed by atoms with Crippen LogP contribution in [0.15, 0.2) is 30.3 Å². The van der Waals surface area contributed by atoms with Crippen LogP contribution in [0, 0.1) is 23.7 Å². The van der Waals surface area contributed by atoms with Gasteiger partial charge in [0.15, 0.2) is 0 Å². The van der Waals surface area contributed by atoms with Gasteiger partial charge in [-0.2, -0.15) is 0 Å². The van der Waals surface area contributed by atoms with E-state index in [0.29, 0.717) is 44.2 Å². The summed E-state index contributed by atoms with van der Waals surface area (Å²) in [6, 6.07) is 9.24. The molecule has 0 aromatic heterocycles. The summed E-state index contributed by atoms with van der Waals surface area (Å²) in [5.74, 6) is 0.797. The van der Waals surface area contributed by atoms with E-state index in [1.54, 1.807) is 0 Å². The molecule has 3 fully saturated rings. The summed E-state index contributed by atoms with van der Waals surface area (Å²) in [6.07, 6.45) is 7.91. The summed E-state index contributed by atoms with van der Waals surface area (Å²) < 4.78 is 42.2. The number of carbonyl (C=O) groups excluding carboxylic acids is 1. The van der Waals surface area contributed by atoms with Crippen LogP contribution in [0.4, 0.5) is 0 Å². The Morgan fingerprint density at radius 3 is 2.04 bits per heavy atom. The van der Waals surface area contributed by atoms with Crippen LogP contribution in [0.2, 0.25) is 6.32 Å². The Morgan fingerprint density at radius 1 is 0.893 bits per heavy atom. The third-order valence-corrected chi connectivity index (χ3v) is 15.2. The number of rotatable bonds is 24. The average molecular weight is 819 g/mol. The van der Waals surface area contributed by atoms with Crippen molar-refractivity contribution in [1.82, 2.24) is 5.32 Å². The fraction of sp³-hybridized carbons (Fsp3) is 0.841. The molecule has 318 valence electrons. The molecule has 1 aromatic carbocycles. The van der Waals surface area contributed by atoms with Crippen molar-refractivity contribution in [3.8, 4) is 0 Å². The van der Waals surface area contributed by atoms with Gasteiger partial charge in [0, 0.05) is 30.8 Å².